The number of hydrogen-bond acceptors (Lipinski definition) is 3. The predicted molar refractivity (Wildman–Crippen MR) is 91.2 cm³/mol. The molecule has 0 aromatic heterocycles. The highest BCUT2D eigenvalue weighted by molar-refractivity contribution is 5.67. The standard InChI is InChI=1S/C18H30N2O2/c1-13-10-14(2)12-16(11-13)15(3)19-8-7-9-20-17(21)22-18(4,5)6/h10-12,15,19H,7-9H2,1-6H3,(H,20,21). The van der Waals surface area contributed by atoms with Crippen LogP contribution >= 0.6 is 0 Å². The Morgan fingerprint density at radius 1 is 1.14 bits per heavy atom. The molecule has 1 amide bonds. The first-order chi connectivity index (χ1) is 10.2. The van der Waals surface area contributed by atoms with Crippen molar-refractivity contribution in [2.75, 3.05) is 13.1 Å². The van der Waals surface area contributed by atoms with E-state index in [1.807, 2.05) is 20.8 Å². The van der Waals surface area contributed by atoms with Gasteiger partial charge in [0.2, 0.25) is 0 Å². The average Bonchev–Trinajstić information content (AvgIpc) is 2.34. The van der Waals surface area contributed by atoms with E-state index in [2.05, 4.69) is 49.6 Å². The molecule has 4 heteroatoms. The monoisotopic (exact) mass is 306 g/mol. The highest BCUT2D eigenvalue weighted by atomic mass is 16.6. The van der Waals surface area contributed by atoms with Gasteiger partial charge in [0.1, 0.15) is 5.60 Å². The van der Waals surface area contributed by atoms with Crippen molar-refractivity contribution in [3.8, 4) is 0 Å². The SMILES string of the molecule is Cc1cc(C)cc(C(C)NCCCNC(=O)OC(C)(C)C)c1. The number of hydrogen-bond donors (Lipinski definition) is 2. The van der Waals surface area contributed by atoms with Gasteiger partial charge >= 0.3 is 6.09 Å². The Morgan fingerprint density at radius 3 is 2.27 bits per heavy atom. The van der Waals surface area contributed by atoms with E-state index in [4.69, 9.17) is 4.74 Å². The van der Waals surface area contributed by atoms with Crippen LogP contribution in [0.1, 0.15) is 56.8 Å². The molecular weight excluding hydrogens is 276 g/mol. The van der Waals surface area contributed by atoms with E-state index in [9.17, 15) is 4.79 Å². The molecule has 1 aromatic rings. The second-order valence-electron chi connectivity index (χ2n) is 6.88. The van der Waals surface area contributed by atoms with E-state index in [1.54, 1.807) is 0 Å². The quantitative estimate of drug-likeness (QED) is 0.784. The lowest BCUT2D eigenvalue weighted by Gasteiger charge is -2.20. The van der Waals surface area contributed by atoms with Crippen molar-refractivity contribution in [2.24, 2.45) is 0 Å². The zero-order valence-corrected chi connectivity index (χ0v) is 14.7. The van der Waals surface area contributed by atoms with Crippen molar-refractivity contribution < 1.29 is 9.53 Å². The molecule has 0 aliphatic heterocycles. The van der Waals surface area contributed by atoms with Crippen LogP contribution < -0.4 is 10.6 Å². The lowest BCUT2D eigenvalue weighted by molar-refractivity contribution is 0.0527. The van der Waals surface area contributed by atoms with Crippen LogP contribution in [-0.2, 0) is 4.74 Å². The molecule has 1 unspecified atom stereocenters. The molecule has 0 fully saturated rings. The van der Waals surface area contributed by atoms with Gasteiger partial charge in [0.15, 0.2) is 0 Å². The summed E-state index contributed by atoms with van der Waals surface area (Å²) in [5.74, 6) is 0. The minimum atomic E-state index is -0.445. The Labute approximate surface area is 134 Å². The van der Waals surface area contributed by atoms with E-state index < -0.39 is 5.60 Å². The molecule has 1 aromatic carbocycles. The Bertz CT molecular complexity index is 472. The Morgan fingerprint density at radius 2 is 1.73 bits per heavy atom. The van der Waals surface area contributed by atoms with Gasteiger partial charge in [0.05, 0.1) is 0 Å². The topological polar surface area (TPSA) is 50.4 Å². The second-order valence-corrected chi connectivity index (χ2v) is 6.88. The second kappa shape index (κ2) is 8.18. The van der Waals surface area contributed by atoms with Crippen LogP contribution in [-0.4, -0.2) is 24.8 Å². The van der Waals surface area contributed by atoms with Crippen LogP contribution in [0.4, 0.5) is 4.79 Å². The molecule has 0 heterocycles. The summed E-state index contributed by atoms with van der Waals surface area (Å²) in [4.78, 5) is 11.5. The fourth-order valence-electron chi connectivity index (χ4n) is 2.29. The van der Waals surface area contributed by atoms with Gasteiger partial charge in [-0.25, -0.2) is 4.79 Å². The van der Waals surface area contributed by atoms with Crippen molar-refractivity contribution in [2.45, 2.75) is 59.6 Å². The van der Waals surface area contributed by atoms with Crippen LogP contribution in [0.2, 0.25) is 0 Å². The van der Waals surface area contributed by atoms with Gasteiger partial charge in [-0.15, -0.1) is 0 Å². The number of ether oxygens (including phenoxy) is 1. The number of rotatable bonds is 6. The third-order valence-electron chi connectivity index (χ3n) is 3.22. The van der Waals surface area contributed by atoms with E-state index in [1.165, 1.54) is 16.7 Å². The van der Waals surface area contributed by atoms with E-state index >= 15 is 0 Å². The number of nitrogens with one attached hydrogen (secondary N) is 2. The van der Waals surface area contributed by atoms with Crippen LogP contribution in [0.5, 0.6) is 0 Å². The highest BCUT2D eigenvalue weighted by Crippen LogP contribution is 2.16. The van der Waals surface area contributed by atoms with Crippen molar-refractivity contribution in [3.63, 3.8) is 0 Å². The number of alkyl carbamates (subject to hydrolysis) is 1. The number of aryl methyl sites for hydroxylation is 2. The molecular formula is C18H30N2O2. The molecule has 0 saturated heterocycles. The molecule has 22 heavy (non-hydrogen) atoms. The largest absolute Gasteiger partial charge is 0.444 e. The van der Waals surface area contributed by atoms with Crippen LogP contribution in [0.15, 0.2) is 18.2 Å². The molecule has 0 bridgehead atoms. The summed E-state index contributed by atoms with van der Waals surface area (Å²) < 4.78 is 5.19. The number of carbonyl (C=O) groups is 1. The molecule has 0 aliphatic carbocycles. The zero-order chi connectivity index (χ0) is 16.8. The Kier molecular flexibility index (Phi) is 6.88. The van der Waals surface area contributed by atoms with Crippen molar-refractivity contribution in [1.29, 1.82) is 0 Å². The molecule has 124 valence electrons. The summed E-state index contributed by atoms with van der Waals surface area (Å²) in [6.45, 7) is 13.4. The molecule has 0 saturated carbocycles. The summed E-state index contributed by atoms with van der Waals surface area (Å²) >= 11 is 0. The maximum atomic E-state index is 11.5. The minimum Gasteiger partial charge on any atom is -0.444 e. The summed E-state index contributed by atoms with van der Waals surface area (Å²) in [6, 6.07) is 6.91. The molecule has 2 N–H and O–H groups in total. The van der Waals surface area contributed by atoms with Gasteiger partial charge in [-0.2, -0.15) is 0 Å². The van der Waals surface area contributed by atoms with E-state index in [-0.39, 0.29) is 6.09 Å². The van der Waals surface area contributed by atoms with Crippen molar-refractivity contribution >= 4 is 6.09 Å². The van der Waals surface area contributed by atoms with E-state index in [0.717, 1.165) is 13.0 Å². The third kappa shape index (κ3) is 7.46. The first-order valence-corrected chi connectivity index (χ1v) is 7.96. The number of benzene rings is 1. The van der Waals surface area contributed by atoms with Gasteiger partial charge in [-0.1, -0.05) is 29.3 Å². The van der Waals surface area contributed by atoms with E-state index in [0.29, 0.717) is 12.6 Å². The van der Waals surface area contributed by atoms with Crippen LogP contribution in [0, 0.1) is 13.8 Å². The normalized spacial score (nSPS) is 12.8. The average molecular weight is 306 g/mol. The van der Waals surface area contributed by atoms with Gasteiger partial charge in [-0.3, -0.25) is 0 Å². The fourth-order valence-corrected chi connectivity index (χ4v) is 2.29. The minimum absolute atomic E-state index is 0.306. The van der Waals surface area contributed by atoms with Gasteiger partial charge < -0.3 is 15.4 Å². The smallest absolute Gasteiger partial charge is 0.407 e. The predicted octanol–water partition coefficient (Wildman–Crippen LogP) is 3.87. The van der Waals surface area contributed by atoms with Gasteiger partial charge in [0, 0.05) is 12.6 Å². The maximum Gasteiger partial charge on any atom is 0.407 e. The van der Waals surface area contributed by atoms with Crippen LogP contribution in [0.3, 0.4) is 0 Å². The molecule has 4 nitrogen and oxygen atoms in total. The van der Waals surface area contributed by atoms with Gasteiger partial charge in [0.25, 0.3) is 0 Å². The molecule has 0 aliphatic rings. The Balaban J connectivity index is 2.25. The fraction of sp³-hybridized carbons (Fsp3) is 0.611. The Hall–Kier alpha value is -1.55. The number of amides is 1. The number of carbonyl (C=O) groups excluding carboxylic acids is 1. The molecule has 0 radical (unpaired) electrons. The molecule has 1 rings (SSSR count). The first-order valence-electron chi connectivity index (χ1n) is 7.96. The van der Waals surface area contributed by atoms with Gasteiger partial charge in [-0.05, 0) is 60.1 Å². The third-order valence-corrected chi connectivity index (χ3v) is 3.22. The summed E-state index contributed by atoms with van der Waals surface area (Å²) in [6.07, 6.45) is 0.517. The van der Waals surface area contributed by atoms with Crippen LogP contribution in [0.25, 0.3) is 0 Å². The lowest BCUT2D eigenvalue weighted by atomic mass is 10.0. The summed E-state index contributed by atoms with van der Waals surface area (Å²) in [5.41, 5.74) is 3.43. The maximum absolute atomic E-state index is 11.5. The molecule has 1 atom stereocenters. The summed E-state index contributed by atoms with van der Waals surface area (Å²) in [5, 5.41) is 6.25. The lowest BCUT2D eigenvalue weighted by Crippen LogP contribution is -2.34. The molecule has 0 spiro atoms. The zero-order valence-electron chi connectivity index (χ0n) is 14.7. The van der Waals surface area contributed by atoms with Crippen molar-refractivity contribution in [1.82, 2.24) is 10.6 Å². The summed E-state index contributed by atoms with van der Waals surface area (Å²) in [7, 11) is 0. The highest BCUT2D eigenvalue weighted by Gasteiger charge is 2.15. The van der Waals surface area contributed by atoms with Crippen molar-refractivity contribution in [3.05, 3.63) is 34.9 Å². The first kappa shape index (κ1) is 18.5.